The van der Waals surface area contributed by atoms with E-state index in [0.29, 0.717) is 11.8 Å². The van der Waals surface area contributed by atoms with Gasteiger partial charge in [-0.2, -0.15) is 0 Å². The Morgan fingerprint density at radius 1 is 0.750 bits per heavy atom. The molecule has 2 N–H and O–H groups in total. The van der Waals surface area contributed by atoms with Crippen LogP contribution in [0.3, 0.4) is 0 Å². The summed E-state index contributed by atoms with van der Waals surface area (Å²) in [6.07, 6.45) is 1.92. The number of esters is 2. The lowest BCUT2D eigenvalue weighted by Gasteiger charge is -2.25. The Morgan fingerprint density at radius 2 is 1.08 bits per heavy atom. The van der Waals surface area contributed by atoms with Gasteiger partial charge in [0.25, 0.3) is 0 Å². The second-order valence-corrected chi connectivity index (χ2v) is 6.44. The van der Waals surface area contributed by atoms with Crippen LogP contribution in [-0.2, 0) is 19.1 Å². The van der Waals surface area contributed by atoms with Crippen LogP contribution in [0.25, 0.3) is 0 Å². The van der Waals surface area contributed by atoms with Crippen LogP contribution < -0.4 is 10.6 Å². The van der Waals surface area contributed by atoms with Gasteiger partial charge in [-0.05, 0) is 37.8 Å². The molecule has 0 radical (unpaired) electrons. The van der Waals surface area contributed by atoms with E-state index in [0.717, 1.165) is 39.0 Å². The fourth-order valence-electron chi connectivity index (χ4n) is 3.01. The van der Waals surface area contributed by atoms with Crippen LogP contribution in [-0.4, -0.2) is 52.3 Å². The molecular formula is C16H32Cl2N2O4. The lowest BCUT2D eigenvalue weighted by molar-refractivity contribution is -0.147. The maximum Gasteiger partial charge on any atom is 0.309 e. The molecule has 2 fully saturated rings. The molecule has 144 valence electrons. The van der Waals surface area contributed by atoms with Crippen molar-refractivity contribution in [1.82, 2.24) is 10.6 Å². The maximum atomic E-state index is 11.1. The van der Waals surface area contributed by atoms with Crippen molar-refractivity contribution >= 4 is 36.8 Å². The highest BCUT2D eigenvalue weighted by atomic mass is 35.5. The van der Waals surface area contributed by atoms with E-state index < -0.39 is 0 Å². The van der Waals surface area contributed by atoms with Crippen LogP contribution in [0.4, 0.5) is 0 Å². The highest BCUT2D eigenvalue weighted by molar-refractivity contribution is 5.85. The predicted molar refractivity (Wildman–Crippen MR) is 98.8 cm³/mol. The second-order valence-electron chi connectivity index (χ2n) is 6.44. The first-order chi connectivity index (χ1) is 10.5. The Labute approximate surface area is 157 Å². The summed E-state index contributed by atoms with van der Waals surface area (Å²) in [7, 11) is 2.89. The van der Waals surface area contributed by atoms with Crippen molar-refractivity contribution in [3.63, 3.8) is 0 Å². The molecular weight excluding hydrogens is 355 g/mol. The summed E-state index contributed by atoms with van der Waals surface area (Å²) in [5.74, 6) is 1.17. The number of piperidine rings is 2. The van der Waals surface area contributed by atoms with Gasteiger partial charge in [-0.15, -0.1) is 24.8 Å². The lowest BCUT2D eigenvalue weighted by Crippen LogP contribution is -2.39. The van der Waals surface area contributed by atoms with Gasteiger partial charge < -0.3 is 20.1 Å². The quantitative estimate of drug-likeness (QED) is 0.702. The third kappa shape index (κ3) is 9.06. The highest BCUT2D eigenvalue weighted by Gasteiger charge is 2.25. The summed E-state index contributed by atoms with van der Waals surface area (Å²) >= 11 is 0. The third-order valence-electron chi connectivity index (χ3n) is 4.21. The number of methoxy groups -OCH3 is 2. The first-order valence-corrected chi connectivity index (χ1v) is 8.05. The Morgan fingerprint density at radius 3 is 1.33 bits per heavy atom. The Balaban J connectivity index is 0. The van der Waals surface area contributed by atoms with E-state index in [2.05, 4.69) is 34.0 Å². The van der Waals surface area contributed by atoms with Crippen LogP contribution >= 0.6 is 24.8 Å². The van der Waals surface area contributed by atoms with E-state index in [9.17, 15) is 9.59 Å². The summed E-state index contributed by atoms with van der Waals surface area (Å²) in [4.78, 5) is 22.1. The molecule has 0 bridgehead atoms. The summed E-state index contributed by atoms with van der Waals surface area (Å²) in [5, 5.41) is 6.40. The van der Waals surface area contributed by atoms with Crippen LogP contribution in [0.5, 0.6) is 0 Å². The molecule has 4 atom stereocenters. The molecule has 6 nitrogen and oxygen atoms in total. The fourth-order valence-corrected chi connectivity index (χ4v) is 3.01. The molecule has 0 spiro atoms. The van der Waals surface area contributed by atoms with Gasteiger partial charge >= 0.3 is 11.9 Å². The SMILES string of the molecule is COC(=O)[C@@H]1CNC[C@H](C)C1.COC(=O)[C@H]1CNC[C@@H](C)C1.Cl.Cl. The lowest BCUT2D eigenvalue weighted by atomic mass is 9.92. The minimum atomic E-state index is -0.0796. The molecule has 24 heavy (non-hydrogen) atoms. The minimum absolute atomic E-state index is 0. The Bertz CT molecular complexity index is 338. The summed E-state index contributed by atoms with van der Waals surface area (Å²) < 4.78 is 9.32. The molecule has 8 heteroatoms. The van der Waals surface area contributed by atoms with Crippen LogP contribution in [0.1, 0.15) is 26.7 Å². The van der Waals surface area contributed by atoms with Crippen molar-refractivity contribution in [3.8, 4) is 0 Å². The van der Waals surface area contributed by atoms with Gasteiger partial charge in [0, 0.05) is 13.1 Å². The number of halogens is 2. The van der Waals surface area contributed by atoms with Gasteiger partial charge in [0.1, 0.15) is 0 Å². The molecule has 2 rings (SSSR count). The number of rotatable bonds is 2. The molecule has 0 saturated carbocycles. The number of hydrogen-bond donors (Lipinski definition) is 2. The number of carbonyl (C=O) groups excluding carboxylic acids is 2. The third-order valence-corrected chi connectivity index (χ3v) is 4.21. The average molecular weight is 387 g/mol. The number of nitrogens with one attached hydrogen (secondary N) is 2. The van der Waals surface area contributed by atoms with Crippen LogP contribution in [0.15, 0.2) is 0 Å². The molecule has 2 heterocycles. The zero-order valence-electron chi connectivity index (χ0n) is 15.0. The van der Waals surface area contributed by atoms with Crippen LogP contribution in [0, 0.1) is 23.7 Å². The van der Waals surface area contributed by atoms with Crippen molar-refractivity contribution in [3.05, 3.63) is 0 Å². The summed E-state index contributed by atoms with van der Waals surface area (Å²) in [5.41, 5.74) is 0. The molecule has 0 aromatic carbocycles. The van der Waals surface area contributed by atoms with Crippen molar-refractivity contribution in [1.29, 1.82) is 0 Å². The molecule has 0 aliphatic carbocycles. The smallest absolute Gasteiger partial charge is 0.309 e. The number of ether oxygens (including phenoxy) is 2. The average Bonchev–Trinajstić information content (AvgIpc) is 2.54. The minimum Gasteiger partial charge on any atom is -0.469 e. The van der Waals surface area contributed by atoms with E-state index in [1.807, 2.05) is 0 Å². The maximum absolute atomic E-state index is 11.1. The van der Waals surface area contributed by atoms with Gasteiger partial charge in [0.15, 0.2) is 0 Å². The van der Waals surface area contributed by atoms with Crippen LogP contribution in [0.2, 0.25) is 0 Å². The first-order valence-electron chi connectivity index (χ1n) is 8.05. The number of hydrogen-bond acceptors (Lipinski definition) is 6. The van der Waals surface area contributed by atoms with Crippen molar-refractivity contribution < 1.29 is 19.1 Å². The molecule has 2 aliphatic rings. The predicted octanol–water partition coefficient (Wildman–Crippen LogP) is 1.65. The standard InChI is InChI=1S/2C8H15NO2.2ClH/c2*1-6-3-7(5-9-4-6)8(10)11-2;;/h2*6-7,9H,3-5H2,1-2H3;2*1H/t2*6-,7+;;/m10../s1. The van der Waals surface area contributed by atoms with Gasteiger partial charge in [-0.25, -0.2) is 0 Å². The van der Waals surface area contributed by atoms with E-state index in [-0.39, 0.29) is 48.6 Å². The topological polar surface area (TPSA) is 76.7 Å². The van der Waals surface area contributed by atoms with Crippen molar-refractivity contribution in [2.75, 3.05) is 40.4 Å². The molecule has 2 saturated heterocycles. The zero-order valence-corrected chi connectivity index (χ0v) is 16.6. The Hall–Kier alpha value is -0.560. The van der Waals surface area contributed by atoms with Gasteiger partial charge in [0.05, 0.1) is 26.1 Å². The molecule has 0 aromatic heterocycles. The second kappa shape index (κ2) is 13.7. The summed E-state index contributed by atoms with van der Waals surface area (Å²) in [6.45, 7) is 7.87. The largest absolute Gasteiger partial charge is 0.469 e. The van der Waals surface area contributed by atoms with Crippen molar-refractivity contribution in [2.45, 2.75) is 26.7 Å². The monoisotopic (exact) mass is 386 g/mol. The highest BCUT2D eigenvalue weighted by Crippen LogP contribution is 2.17. The fraction of sp³-hybridized carbons (Fsp3) is 0.875. The van der Waals surface area contributed by atoms with Gasteiger partial charge in [-0.3, -0.25) is 9.59 Å². The molecule has 0 amide bonds. The zero-order chi connectivity index (χ0) is 16.5. The van der Waals surface area contributed by atoms with E-state index in [4.69, 9.17) is 0 Å². The number of carbonyl (C=O) groups is 2. The normalized spacial score (nSPS) is 28.8. The van der Waals surface area contributed by atoms with Crippen molar-refractivity contribution in [2.24, 2.45) is 23.7 Å². The van der Waals surface area contributed by atoms with Gasteiger partial charge in [-0.1, -0.05) is 13.8 Å². The molecule has 0 unspecified atom stereocenters. The Kier molecular flexibility index (Phi) is 14.7. The van der Waals surface area contributed by atoms with Gasteiger partial charge in [0.2, 0.25) is 0 Å². The first kappa shape index (κ1) is 25.7. The van der Waals surface area contributed by atoms with E-state index >= 15 is 0 Å². The summed E-state index contributed by atoms with van der Waals surface area (Å²) in [6, 6.07) is 0. The van der Waals surface area contributed by atoms with E-state index in [1.165, 1.54) is 14.2 Å². The molecule has 0 aromatic rings. The van der Waals surface area contributed by atoms with E-state index in [1.54, 1.807) is 0 Å². The molecule has 2 aliphatic heterocycles.